The molecule has 1 aliphatic heterocycles. The third-order valence-electron chi connectivity index (χ3n) is 3.76. The number of hydrogen-bond acceptors (Lipinski definition) is 2. The van der Waals surface area contributed by atoms with Crippen LogP contribution in [0.2, 0.25) is 0 Å². The Bertz CT molecular complexity index is 159. The van der Waals surface area contributed by atoms with Crippen molar-refractivity contribution in [3.63, 3.8) is 0 Å². The van der Waals surface area contributed by atoms with Crippen LogP contribution < -0.4 is 10.6 Å². The number of piperidine rings is 1. The van der Waals surface area contributed by atoms with Crippen LogP contribution in [-0.4, -0.2) is 25.7 Å². The van der Waals surface area contributed by atoms with Crippen molar-refractivity contribution < 1.29 is 0 Å². The lowest BCUT2D eigenvalue weighted by atomic mass is 9.90. The second kappa shape index (κ2) is 7.24. The summed E-state index contributed by atoms with van der Waals surface area (Å²) >= 11 is 0. The topological polar surface area (TPSA) is 24.1 Å². The maximum absolute atomic E-state index is 3.61. The van der Waals surface area contributed by atoms with Gasteiger partial charge in [-0.1, -0.05) is 33.6 Å². The largest absolute Gasteiger partial charge is 0.315 e. The molecule has 0 bridgehead atoms. The molecule has 3 atom stereocenters. The lowest BCUT2D eigenvalue weighted by Gasteiger charge is -2.30. The van der Waals surface area contributed by atoms with Crippen LogP contribution in [0.25, 0.3) is 0 Å². The fourth-order valence-electron chi connectivity index (χ4n) is 2.27. The molecule has 1 rings (SSSR count). The van der Waals surface area contributed by atoms with E-state index in [1.165, 1.54) is 38.8 Å². The lowest BCUT2D eigenvalue weighted by molar-refractivity contribution is 0.285. The minimum atomic E-state index is 0.716. The molecule has 15 heavy (non-hydrogen) atoms. The molecule has 0 amide bonds. The number of rotatable bonds is 6. The first-order valence-electron chi connectivity index (χ1n) is 6.70. The molecule has 0 saturated carbocycles. The van der Waals surface area contributed by atoms with Gasteiger partial charge in [0.1, 0.15) is 0 Å². The summed E-state index contributed by atoms with van der Waals surface area (Å²) in [6.45, 7) is 10.4. The Balaban J connectivity index is 2.10. The van der Waals surface area contributed by atoms with Crippen LogP contribution in [0, 0.1) is 11.8 Å². The molecule has 1 heterocycles. The highest BCUT2D eigenvalue weighted by Gasteiger charge is 2.19. The normalized spacial score (nSPS) is 29.0. The van der Waals surface area contributed by atoms with Gasteiger partial charge in [-0.25, -0.2) is 0 Å². The Morgan fingerprint density at radius 2 is 2.20 bits per heavy atom. The van der Waals surface area contributed by atoms with Crippen molar-refractivity contribution in [3.05, 3.63) is 0 Å². The zero-order valence-corrected chi connectivity index (χ0v) is 10.7. The maximum Gasteiger partial charge on any atom is 0.0195 e. The molecule has 90 valence electrons. The van der Waals surface area contributed by atoms with Gasteiger partial charge in [-0.15, -0.1) is 0 Å². The van der Waals surface area contributed by atoms with E-state index >= 15 is 0 Å². The Kier molecular flexibility index (Phi) is 6.26. The van der Waals surface area contributed by atoms with Crippen molar-refractivity contribution in [2.24, 2.45) is 11.8 Å². The van der Waals surface area contributed by atoms with Crippen molar-refractivity contribution in [2.75, 3.05) is 19.6 Å². The Morgan fingerprint density at radius 1 is 1.40 bits per heavy atom. The zero-order valence-electron chi connectivity index (χ0n) is 10.7. The molecule has 1 fully saturated rings. The van der Waals surface area contributed by atoms with E-state index in [9.17, 15) is 0 Å². The molecule has 0 aliphatic carbocycles. The molecule has 0 aromatic heterocycles. The highest BCUT2D eigenvalue weighted by Crippen LogP contribution is 2.18. The molecule has 2 N–H and O–H groups in total. The molecule has 1 aliphatic rings. The van der Waals surface area contributed by atoms with Gasteiger partial charge < -0.3 is 10.6 Å². The van der Waals surface area contributed by atoms with Gasteiger partial charge in [0.2, 0.25) is 0 Å². The fourth-order valence-corrected chi connectivity index (χ4v) is 2.27. The standard InChI is InChI=1S/C13H28N2/c1-4-11(3)9-14-10-13-8-12(5-2)6-7-15-13/h11-15H,4-10H2,1-3H3. The molecule has 2 nitrogen and oxygen atoms in total. The average molecular weight is 212 g/mol. The number of nitrogens with one attached hydrogen (secondary N) is 2. The van der Waals surface area contributed by atoms with Crippen LogP contribution in [0.1, 0.15) is 46.5 Å². The predicted octanol–water partition coefficient (Wildman–Crippen LogP) is 2.40. The third-order valence-corrected chi connectivity index (χ3v) is 3.76. The first kappa shape index (κ1) is 13.0. The minimum absolute atomic E-state index is 0.716. The van der Waals surface area contributed by atoms with E-state index in [1.807, 2.05) is 0 Å². The Labute approximate surface area is 95.2 Å². The summed E-state index contributed by atoms with van der Waals surface area (Å²) in [5, 5.41) is 7.20. The van der Waals surface area contributed by atoms with Gasteiger partial charge in [0, 0.05) is 12.6 Å². The highest BCUT2D eigenvalue weighted by molar-refractivity contribution is 4.79. The molecular weight excluding hydrogens is 184 g/mol. The van der Waals surface area contributed by atoms with Crippen molar-refractivity contribution in [1.82, 2.24) is 10.6 Å². The second-order valence-corrected chi connectivity index (χ2v) is 5.12. The molecule has 1 saturated heterocycles. The van der Waals surface area contributed by atoms with Crippen LogP contribution in [0.4, 0.5) is 0 Å². The van der Waals surface area contributed by atoms with Gasteiger partial charge >= 0.3 is 0 Å². The summed E-state index contributed by atoms with van der Waals surface area (Å²) in [6, 6.07) is 0.716. The number of hydrogen-bond donors (Lipinski definition) is 2. The first-order chi connectivity index (χ1) is 7.26. The highest BCUT2D eigenvalue weighted by atomic mass is 15.0. The molecule has 3 unspecified atom stereocenters. The summed E-state index contributed by atoms with van der Waals surface area (Å²) in [5.41, 5.74) is 0. The zero-order chi connectivity index (χ0) is 11.1. The monoisotopic (exact) mass is 212 g/mol. The summed E-state index contributed by atoms with van der Waals surface area (Å²) in [6.07, 6.45) is 5.37. The van der Waals surface area contributed by atoms with E-state index < -0.39 is 0 Å². The summed E-state index contributed by atoms with van der Waals surface area (Å²) < 4.78 is 0. The molecule has 0 aromatic carbocycles. The smallest absolute Gasteiger partial charge is 0.0195 e. The first-order valence-corrected chi connectivity index (χ1v) is 6.70. The molecule has 0 aromatic rings. The third kappa shape index (κ3) is 4.98. The van der Waals surface area contributed by atoms with Gasteiger partial charge in [0.25, 0.3) is 0 Å². The average Bonchev–Trinajstić information content (AvgIpc) is 2.29. The van der Waals surface area contributed by atoms with E-state index in [0.29, 0.717) is 6.04 Å². The second-order valence-electron chi connectivity index (χ2n) is 5.12. The predicted molar refractivity (Wildman–Crippen MR) is 67.1 cm³/mol. The lowest BCUT2D eigenvalue weighted by Crippen LogP contribution is -2.45. The van der Waals surface area contributed by atoms with Crippen molar-refractivity contribution in [1.29, 1.82) is 0 Å². The van der Waals surface area contributed by atoms with Crippen LogP contribution in [0.5, 0.6) is 0 Å². The van der Waals surface area contributed by atoms with E-state index in [2.05, 4.69) is 31.4 Å². The van der Waals surface area contributed by atoms with Gasteiger partial charge in [-0.2, -0.15) is 0 Å². The summed E-state index contributed by atoms with van der Waals surface area (Å²) in [5.74, 6) is 1.78. The van der Waals surface area contributed by atoms with Gasteiger partial charge in [-0.05, 0) is 37.8 Å². The van der Waals surface area contributed by atoms with Crippen LogP contribution in [0.3, 0.4) is 0 Å². The molecule has 2 heteroatoms. The van der Waals surface area contributed by atoms with Crippen molar-refractivity contribution >= 4 is 0 Å². The van der Waals surface area contributed by atoms with Crippen molar-refractivity contribution in [2.45, 2.75) is 52.5 Å². The summed E-state index contributed by atoms with van der Waals surface area (Å²) in [7, 11) is 0. The van der Waals surface area contributed by atoms with Gasteiger partial charge in [0.15, 0.2) is 0 Å². The van der Waals surface area contributed by atoms with Crippen LogP contribution in [-0.2, 0) is 0 Å². The van der Waals surface area contributed by atoms with Crippen LogP contribution >= 0.6 is 0 Å². The fraction of sp³-hybridized carbons (Fsp3) is 1.00. The van der Waals surface area contributed by atoms with Crippen molar-refractivity contribution in [3.8, 4) is 0 Å². The molecule has 0 spiro atoms. The Hall–Kier alpha value is -0.0800. The SMILES string of the molecule is CCC(C)CNCC1CC(CC)CCN1. The van der Waals surface area contributed by atoms with Gasteiger partial charge in [-0.3, -0.25) is 0 Å². The Morgan fingerprint density at radius 3 is 2.87 bits per heavy atom. The van der Waals surface area contributed by atoms with E-state index in [4.69, 9.17) is 0 Å². The minimum Gasteiger partial charge on any atom is -0.315 e. The van der Waals surface area contributed by atoms with Gasteiger partial charge in [0.05, 0.1) is 0 Å². The molecular formula is C13H28N2. The summed E-state index contributed by atoms with van der Waals surface area (Å²) in [4.78, 5) is 0. The van der Waals surface area contributed by atoms with E-state index in [0.717, 1.165) is 18.4 Å². The molecule has 0 radical (unpaired) electrons. The maximum atomic E-state index is 3.61. The quantitative estimate of drug-likeness (QED) is 0.706. The van der Waals surface area contributed by atoms with Crippen LogP contribution in [0.15, 0.2) is 0 Å². The van der Waals surface area contributed by atoms with E-state index in [-0.39, 0.29) is 0 Å². The van der Waals surface area contributed by atoms with E-state index in [1.54, 1.807) is 0 Å².